The van der Waals surface area contributed by atoms with Crippen LogP contribution in [0, 0.1) is 17.0 Å². The SMILES string of the molecule is Cc1cccc(N=NC2=C3C=CC(=S(=O)(O)O)C=C3C=CC2=O)c1[N+](=O)[O-]. The minimum atomic E-state index is -4.15. The monoisotopic (exact) mass is 387 g/mol. The topological polar surface area (TPSA) is 142 Å². The zero-order chi connectivity index (χ0) is 19.8. The summed E-state index contributed by atoms with van der Waals surface area (Å²) in [5, 5.41) is 19.0. The number of para-hydroxylation sites is 1. The zero-order valence-corrected chi connectivity index (χ0v) is 14.7. The molecule has 2 aliphatic rings. The normalized spacial score (nSPS) is 16.8. The largest absolute Gasteiger partial charge is 0.299 e. The van der Waals surface area contributed by atoms with Gasteiger partial charge in [-0.15, -0.1) is 10.2 Å². The Hall–Kier alpha value is -3.21. The first-order valence-corrected chi connectivity index (χ1v) is 9.04. The van der Waals surface area contributed by atoms with Crippen molar-refractivity contribution in [3.05, 3.63) is 81.1 Å². The molecule has 2 N–H and O–H groups in total. The second-order valence-corrected chi connectivity index (χ2v) is 7.16. The molecule has 0 aromatic heterocycles. The number of carbonyl (C=O) groups excluding carboxylic acids is 1. The molecule has 1 aromatic carbocycles. The molecular formula is C17H13N3O6S. The number of allylic oxidation sites excluding steroid dienone is 7. The van der Waals surface area contributed by atoms with Crippen LogP contribution in [0.4, 0.5) is 11.4 Å². The third kappa shape index (κ3) is 3.67. The third-order valence-corrected chi connectivity index (χ3v) is 4.76. The lowest BCUT2D eigenvalue weighted by molar-refractivity contribution is -0.384. The Labute approximate surface area is 153 Å². The van der Waals surface area contributed by atoms with E-state index in [0.717, 1.165) is 0 Å². The first-order chi connectivity index (χ1) is 12.7. The highest BCUT2D eigenvalue weighted by atomic mass is 32.2. The minimum absolute atomic E-state index is 0.00163. The summed E-state index contributed by atoms with van der Waals surface area (Å²) in [4.78, 5) is 22.6. The van der Waals surface area contributed by atoms with E-state index in [-0.39, 0.29) is 21.9 Å². The van der Waals surface area contributed by atoms with E-state index in [1.54, 1.807) is 19.1 Å². The predicted molar refractivity (Wildman–Crippen MR) is 99.2 cm³/mol. The van der Waals surface area contributed by atoms with Crippen molar-refractivity contribution in [1.82, 2.24) is 0 Å². The van der Waals surface area contributed by atoms with Crippen LogP contribution in [0.5, 0.6) is 0 Å². The van der Waals surface area contributed by atoms with Gasteiger partial charge in [-0.2, -0.15) is 0 Å². The molecule has 9 nitrogen and oxygen atoms in total. The predicted octanol–water partition coefficient (Wildman–Crippen LogP) is 3.28. The molecule has 0 saturated heterocycles. The maximum Gasteiger partial charge on any atom is 0.299 e. The Kier molecular flexibility index (Phi) is 4.70. The van der Waals surface area contributed by atoms with E-state index in [1.165, 1.54) is 36.4 Å². The van der Waals surface area contributed by atoms with Gasteiger partial charge < -0.3 is 0 Å². The zero-order valence-electron chi connectivity index (χ0n) is 13.9. The molecule has 0 fully saturated rings. The maximum absolute atomic E-state index is 12.2. The lowest BCUT2D eigenvalue weighted by atomic mass is 9.92. The second kappa shape index (κ2) is 6.83. The van der Waals surface area contributed by atoms with Gasteiger partial charge in [-0.1, -0.05) is 24.3 Å². The van der Waals surface area contributed by atoms with Crippen LogP contribution in [0.1, 0.15) is 5.56 Å². The Morgan fingerprint density at radius 3 is 2.52 bits per heavy atom. The van der Waals surface area contributed by atoms with Crippen LogP contribution >= 0.6 is 0 Å². The van der Waals surface area contributed by atoms with Crippen molar-refractivity contribution >= 4 is 32.1 Å². The van der Waals surface area contributed by atoms with Gasteiger partial charge in [0.05, 0.1) is 9.79 Å². The van der Waals surface area contributed by atoms with Gasteiger partial charge in [0.15, 0.2) is 5.69 Å². The van der Waals surface area contributed by atoms with E-state index in [0.29, 0.717) is 16.7 Å². The van der Waals surface area contributed by atoms with Crippen LogP contribution in [0.25, 0.3) is 0 Å². The summed E-state index contributed by atoms with van der Waals surface area (Å²) in [5.74, 6) is -0.469. The van der Waals surface area contributed by atoms with Crippen molar-refractivity contribution in [2.75, 3.05) is 0 Å². The second-order valence-electron chi connectivity index (χ2n) is 5.69. The first kappa shape index (κ1) is 18.6. The number of ketones is 1. The van der Waals surface area contributed by atoms with E-state index in [4.69, 9.17) is 0 Å². The number of hydrogen-bond acceptors (Lipinski definition) is 6. The molecule has 0 heterocycles. The fraction of sp³-hybridized carbons (Fsp3) is 0.0588. The summed E-state index contributed by atoms with van der Waals surface area (Å²) < 4.78 is 29.9. The smallest absolute Gasteiger partial charge is 0.293 e. The van der Waals surface area contributed by atoms with Gasteiger partial charge in [0.25, 0.3) is 5.69 Å². The van der Waals surface area contributed by atoms with Crippen molar-refractivity contribution in [1.29, 1.82) is 0 Å². The summed E-state index contributed by atoms with van der Waals surface area (Å²) in [6.45, 7) is 1.57. The highest BCUT2D eigenvalue weighted by Crippen LogP contribution is 2.33. The molecule has 0 aliphatic heterocycles. The van der Waals surface area contributed by atoms with Gasteiger partial charge in [0, 0.05) is 11.1 Å². The van der Waals surface area contributed by atoms with Crippen molar-refractivity contribution in [2.24, 2.45) is 10.2 Å². The lowest BCUT2D eigenvalue weighted by Crippen LogP contribution is -2.14. The number of azo groups is 1. The number of fused-ring (bicyclic) bond motifs is 1. The van der Waals surface area contributed by atoms with Gasteiger partial charge in [0.2, 0.25) is 15.9 Å². The maximum atomic E-state index is 12.2. The van der Waals surface area contributed by atoms with Gasteiger partial charge >= 0.3 is 0 Å². The van der Waals surface area contributed by atoms with Crippen molar-refractivity contribution < 1.29 is 23.0 Å². The molecule has 0 amide bonds. The van der Waals surface area contributed by atoms with Gasteiger partial charge in [-0.05, 0) is 36.8 Å². The van der Waals surface area contributed by atoms with Gasteiger partial charge in [-0.25, -0.2) is 4.21 Å². The molecule has 3 rings (SSSR count). The molecule has 0 unspecified atom stereocenters. The molecule has 0 bridgehead atoms. The Morgan fingerprint density at radius 2 is 1.85 bits per heavy atom. The summed E-state index contributed by atoms with van der Waals surface area (Å²) >= 11 is 0. The van der Waals surface area contributed by atoms with E-state index in [9.17, 15) is 28.2 Å². The third-order valence-electron chi connectivity index (χ3n) is 3.89. The van der Waals surface area contributed by atoms with Crippen LogP contribution in [-0.2, 0) is 14.9 Å². The fourth-order valence-corrected chi connectivity index (χ4v) is 3.13. The molecule has 27 heavy (non-hydrogen) atoms. The Balaban J connectivity index is 2.10. The number of nitrogens with zero attached hydrogens (tertiary/aromatic N) is 3. The summed E-state index contributed by atoms with van der Waals surface area (Å²) in [7, 11) is -4.15. The number of nitro benzene ring substituents is 1. The summed E-state index contributed by atoms with van der Waals surface area (Å²) in [6.07, 6.45) is 6.42. The van der Waals surface area contributed by atoms with Gasteiger partial charge in [-0.3, -0.25) is 24.0 Å². The number of hydrogen-bond donors (Lipinski definition) is 2. The molecule has 2 aliphatic carbocycles. The molecule has 0 radical (unpaired) electrons. The number of rotatable bonds is 3. The molecular weight excluding hydrogens is 374 g/mol. The van der Waals surface area contributed by atoms with Crippen LogP contribution in [0.3, 0.4) is 0 Å². The fourth-order valence-electron chi connectivity index (χ4n) is 2.61. The lowest BCUT2D eigenvalue weighted by Gasteiger charge is -2.16. The number of carbonyl (C=O) groups is 1. The minimum Gasteiger partial charge on any atom is -0.293 e. The van der Waals surface area contributed by atoms with E-state index in [2.05, 4.69) is 10.2 Å². The molecule has 138 valence electrons. The molecule has 10 heteroatoms. The highest BCUT2D eigenvalue weighted by molar-refractivity contribution is 7.92. The standard InChI is InChI=1S/C17H13N3O6S/c1-10-3-2-4-14(17(10)20(22)23)18-19-16-13-7-6-12(27(24,25)26)9-11(13)5-8-15(16)21/h2-9H,1H3,(H2,24,25,26). The van der Waals surface area contributed by atoms with Crippen molar-refractivity contribution in [3.8, 4) is 0 Å². The van der Waals surface area contributed by atoms with Crippen LogP contribution in [-0.4, -0.2) is 28.9 Å². The highest BCUT2D eigenvalue weighted by Gasteiger charge is 2.23. The van der Waals surface area contributed by atoms with Crippen LogP contribution < -0.4 is 0 Å². The van der Waals surface area contributed by atoms with E-state index >= 15 is 0 Å². The number of nitro groups is 1. The van der Waals surface area contributed by atoms with E-state index in [1.807, 2.05) is 0 Å². The molecule has 0 atom stereocenters. The number of aryl methyl sites for hydroxylation is 1. The van der Waals surface area contributed by atoms with E-state index < -0.39 is 20.8 Å². The average molecular weight is 387 g/mol. The van der Waals surface area contributed by atoms with Crippen LogP contribution in [0.2, 0.25) is 0 Å². The Bertz CT molecular complexity index is 1140. The molecule has 0 spiro atoms. The first-order valence-electron chi connectivity index (χ1n) is 7.57. The molecule has 1 aromatic rings. The van der Waals surface area contributed by atoms with Gasteiger partial charge in [0.1, 0.15) is 5.70 Å². The summed E-state index contributed by atoms with van der Waals surface area (Å²) in [6, 6.07) is 4.56. The molecule has 0 saturated carbocycles. The summed E-state index contributed by atoms with van der Waals surface area (Å²) in [5.41, 5.74) is 0.835. The Morgan fingerprint density at radius 1 is 1.11 bits per heavy atom. The van der Waals surface area contributed by atoms with Crippen molar-refractivity contribution in [3.63, 3.8) is 0 Å². The average Bonchev–Trinajstić information content (AvgIpc) is 2.59. The number of benzene rings is 1. The quantitative estimate of drug-likeness (QED) is 0.353. The van der Waals surface area contributed by atoms with Crippen molar-refractivity contribution in [2.45, 2.75) is 6.92 Å². The van der Waals surface area contributed by atoms with Crippen LogP contribution in [0.15, 0.2) is 75.7 Å².